The molecule has 0 fully saturated rings. The van der Waals surface area contributed by atoms with Gasteiger partial charge in [0.15, 0.2) is 0 Å². The van der Waals surface area contributed by atoms with Crippen LogP contribution in [0.2, 0.25) is 0 Å². The number of carbonyl (C=O) groups excluding carboxylic acids is 2. The summed E-state index contributed by atoms with van der Waals surface area (Å²) in [6.07, 6.45) is 27.3. The zero-order valence-corrected chi connectivity index (χ0v) is 54.4. The second kappa shape index (κ2) is 35.7. The number of hydrogen-bond donors (Lipinski definition) is 2. The number of aromatic nitrogens is 6. The van der Waals surface area contributed by atoms with Gasteiger partial charge in [-0.15, -0.1) is 0 Å². The zero-order chi connectivity index (χ0) is 63.5. The molecule has 0 radical (unpaired) electrons. The molecule has 0 amide bonds. The zero-order valence-electron chi connectivity index (χ0n) is 52.6. The topological polar surface area (TPSA) is 160 Å². The number of hydrogen-bond acceptors (Lipinski definition) is 14. The van der Waals surface area contributed by atoms with E-state index in [1.807, 2.05) is 91.3 Å². The number of nitrogens with zero attached hydrogens (tertiary/aromatic N) is 8. The van der Waals surface area contributed by atoms with Crippen LogP contribution in [0.4, 0.5) is 11.4 Å². The van der Waals surface area contributed by atoms with Crippen molar-refractivity contribution in [2.45, 2.75) is 26.9 Å². The van der Waals surface area contributed by atoms with E-state index in [9.17, 15) is 9.59 Å². The molecule has 6 aromatic heterocycles. The summed E-state index contributed by atoms with van der Waals surface area (Å²) in [6, 6.07) is 56.7. The second-order valence-electron chi connectivity index (χ2n) is 21.0. The normalized spacial score (nSPS) is 10.9. The fourth-order valence-corrected chi connectivity index (χ4v) is 9.02. The first-order valence-corrected chi connectivity index (χ1v) is 29.7. The maximum atomic E-state index is 11.7. The molecule has 15 heteroatoms. The summed E-state index contributed by atoms with van der Waals surface area (Å²) in [7, 11) is 12.1. The van der Waals surface area contributed by atoms with Crippen LogP contribution in [-0.2, 0) is 42.0 Å². The van der Waals surface area contributed by atoms with E-state index in [0.29, 0.717) is 35.7 Å². The van der Waals surface area contributed by atoms with Gasteiger partial charge in [0, 0.05) is 109 Å². The smallest absolute Gasteiger partial charge is 0.338 e. The van der Waals surface area contributed by atoms with Crippen LogP contribution in [0.3, 0.4) is 0 Å². The third-order valence-corrected chi connectivity index (χ3v) is 13.9. The minimum absolute atomic E-state index is 0. The van der Waals surface area contributed by atoms with Crippen molar-refractivity contribution in [3.63, 3.8) is 0 Å². The standard InChI is InChI=1S/2C30H30N4.C16H16N2O4.Ru/c2*1-31-22-27-10-6-23(7-11-27)4-8-25-16-18-32-29(20-25)30-21-26(17-19-33-30)9-5-24-12-14-28(15-13-24)34(2)3;1-3-21-15(19)11-5-7-17-13(9-11)14-10-12(6-8-18-14)16(20)22-4-2;/h2*4-21,31H,22H2,1-3H3;5-10H,3-4H2,1-2H3;/b2*8-4+,9-5+;;. The number of pyridine rings is 6. The fourth-order valence-electron chi connectivity index (χ4n) is 9.02. The van der Waals surface area contributed by atoms with Gasteiger partial charge in [0.1, 0.15) is 0 Å². The summed E-state index contributed by atoms with van der Waals surface area (Å²) < 4.78 is 9.90. The number of carbonyl (C=O) groups is 2. The van der Waals surface area contributed by atoms with E-state index in [2.05, 4.69) is 220 Å². The van der Waals surface area contributed by atoms with Gasteiger partial charge in [-0.2, -0.15) is 0 Å². The van der Waals surface area contributed by atoms with Crippen molar-refractivity contribution in [1.29, 1.82) is 0 Å². The summed E-state index contributed by atoms with van der Waals surface area (Å²) in [6.45, 7) is 5.83. The van der Waals surface area contributed by atoms with E-state index >= 15 is 0 Å². The molecule has 10 rings (SSSR count). The third kappa shape index (κ3) is 21.5. The molecule has 0 aliphatic rings. The van der Waals surface area contributed by atoms with Crippen molar-refractivity contribution in [2.24, 2.45) is 0 Å². The predicted molar refractivity (Wildman–Crippen MR) is 370 cm³/mol. The molecule has 6 heterocycles. The van der Waals surface area contributed by atoms with Crippen LogP contribution in [0.5, 0.6) is 0 Å². The molecule has 462 valence electrons. The Hall–Kier alpha value is -10.2. The van der Waals surface area contributed by atoms with Crippen molar-refractivity contribution in [1.82, 2.24) is 40.5 Å². The van der Waals surface area contributed by atoms with Gasteiger partial charge in [0.25, 0.3) is 0 Å². The Labute approximate surface area is 548 Å². The summed E-state index contributed by atoms with van der Waals surface area (Å²) in [5.41, 5.74) is 19.1. The Balaban J connectivity index is 0.000000198. The molecule has 4 aromatic carbocycles. The molecule has 91 heavy (non-hydrogen) atoms. The Morgan fingerprint density at radius 1 is 0.352 bits per heavy atom. The summed E-state index contributed by atoms with van der Waals surface area (Å²) >= 11 is 0. The van der Waals surface area contributed by atoms with E-state index in [-0.39, 0.29) is 19.5 Å². The van der Waals surface area contributed by atoms with E-state index < -0.39 is 11.9 Å². The molecule has 0 unspecified atom stereocenters. The first-order chi connectivity index (χ1) is 43.9. The van der Waals surface area contributed by atoms with Crippen LogP contribution >= 0.6 is 0 Å². The van der Waals surface area contributed by atoms with Gasteiger partial charge < -0.3 is 29.9 Å². The molecule has 0 atom stereocenters. The van der Waals surface area contributed by atoms with Crippen molar-refractivity contribution < 1.29 is 38.5 Å². The minimum atomic E-state index is -0.423. The van der Waals surface area contributed by atoms with Crippen molar-refractivity contribution in [3.8, 4) is 34.2 Å². The maximum Gasteiger partial charge on any atom is 0.338 e. The second-order valence-corrected chi connectivity index (χ2v) is 21.0. The van der Waals surface area contributed by atoms with E-state index in [0.717, 1.165) is 69.2 Å². The molecule has 0 bridgehead atoms. The van der Waals surface area contributed by atoms with E-state index in [4.69, 9.17) is 9.47 Å². The van der Waals surface area contributed by atoms with Gasteiger partial charge in [-0.05, 0) is 181 Å². The van der Waals surface area contributed by atoms with Gasteiger partial charge in [-0.3, -0.25) is 29.9 Å². The molecular formula is C76H76N10O4Ru. The Bertz CT molecular complexity index is 3790. The van der Waals surface area contributed by atoms with Crippen LogP contribution in [0.15, 0.2) is 207 Å². The Morgan fingerprint density at radius 3 is 0.846 bits per heavy atom. The quantitative estimate of drug-likeness (QED) is 0.0517. The van der Waals surface area contributed by atoms with Gasteiger partial charge in [-0.25, -0.2) is 9.59 Å². The van der Waals surface area contributed by atoms with Crippen LogP contribution in [0, 0.1) is 0 Å². The summed E-state index contributed by atoms with van der Waals surface area (Å²) in [4.78, 5) is 54.2. The molecule has 0 saturated carbocycles. The van der Waals surface area contributed by atoms with Crippen LogP contribution in [0.1, 0.15) is 90.2 Å². The van der Waals surface area contributed by atoms with E-state index in [1.165, 1.54) is 46.0 Å². The minimum Gasteiger partial charge on any atom is -0.462 e. The molecule has 2 N–H and O–H groups in total. The number of nitrogens with one attached hydrogen (secondary N) is 2. The first-order valence-electron chi connectivity index (χ1n) is 29.7. The molecule has 0 aliphatic carbocycles. The average molecular weight is 1290 g/mol. The number of esters is 2. The summed E-state index contributed by atoms with van der Waals surface area (Å²) in [5, 5.41) is 6.34. The third-order valence-electron chi connectivity index (χ3n) is 13.9. The largest absolute Gasteiger partial charge is 0.462 e. The number of anilines is 2. The van der Waals surface area contributed by atoms with Gasteiger partial charge >= 0.3 is 11.9 Å². The van der Waals surface area contributed by atoms with Gasteiger partial charge in [0.2, 0.25) is 0 Å². The van der Waals surface area contributed by atoms with Gasteiger partial charge in [-0.1, -0.05) is 121 Å². The fraction of sp³-hybridized carbons (Fsp3) is 0.158. The Kier molecular flexibility index (Phi) is 26.8. The van der Waals surface area contributed by atoms with Crippen LogP contribution < -0.4 is 20.4 Å². The van der Waals surface area contributed by atoms with E-state index in [1.54, 1.807) is 38.1 Å². The molecular weight excluding hydrogens is 1220 g/mol. The van der Waals surface area contributed by atoms with Crippen molar-refractivity contribution >= 4 is 71.9 Å². The summed E-state index contributed by atoms with van der Waals surface area (Å²) in [5.74, 6) is -0.847. The number of ether oxygens (including phenoxy) is 2. The van der Waals surface area contributed by atoms with Crippen molar-refractivity contribution in [3.05, 3.63) is 274 Å². The average Bonchev–Trinajstić information content (AvgIpc) is 2.62. The SMILES string of the molecule is CCOC(=O)c1ccnc(-c2cc(C(=O)OCC)ccn2)c1.CNCc1ccc(/C=C/c2ccnc(-c3cc(/C=C/c4ccc(N(C)C)cc4)ccn3)c2)cc1.CNCc1ccc(/C=C/c2ccnc(-c3cc(/C=C/c4ccc(N(C)C)cc4)ccn3)c2)cc1.[Ru]. The van der Waals surface area contributed by atoms with Crippen molar-refractivity contribution in [2.75, 3.05) is 65.3 Å². The molecule has 14 nitrogen and oxygen atoms in total. The Morgan fingerprint density at radius 2 is 0.593 bits per heavy atom. The number of rotatable bonds is 21. The van der Waals surface area contributed by atoms with Crippen LogP contribution in [0.25, 0.3) is 82.8 Å². The monoisotopic (exact) mass is 1290 g/mol. The van der Waals surface area contributed by atoms with Gasteiger partial charge in [0.05, 0.1) is 58.5 Å². The molecule has 0 saturated heterocycles. The van der Waals surface area contributed by atoms with Crippen LogP contribution in [-0.4, -0.2) is 97.3 Å². The maximum absolute atomic E-state index is 11.7. The molecule has 0 spiro atoms. The molecule has 0 aliphatic heterocycles. The first kappa shape index (κ1) is 68.3. The number of benzene rings is 4. The molecule has 10 aromatic rings. The predicted octanol–water partition coefficient (Wildman–Crippen LogP) is 15.0.